The summed E-state index contributed by atoms with van der Waals surface area (Å²) in [6.45, 7) is 4.12. The Kier molecular flexibility index (Phi) is 7.41. The van der Waals surface area contributed by atoms with E-state index in [2.05, 4.69) is 20.4 Å². The minimum absolute atomic E-state index is 0.113. The number of sulfone groups is 1. The van der Waals surface area contributed by atoms with Crippen molar-refractivity contribution in [3.8, 4) is 0 Å². The number of aryl methyl sites for hydroxylation is 1. The van der Waals surface area contributed by atoms with Crippen molar-refractivity contribution in [2.75, 3.05) is 31.1 Å². The summed E-state index contributed by atoms with van der Waals surface area (Å²) < 4.78 is 68.5. The molecule has 2 heterocycles. The molecule has 0 amide bonds. The number of anilines is 1. The van der Waals surface area contributed by atoms with Crippen molar-refractivity contribution in [3.05, 3.63) is 101 Å². The van der Waals surface area contributed by atoms with Gasteiger partial charge in [0.05, 0.1) is 16.5 Å². The second-order valence-corrected chi connectivity index (χ2v) is 11.4. The fourth-order valence-electron chi connectivity index (χ4n) is 4.77. The van der Waals surface area contributed by atoms with Gasteiger partial charge >= 0.3 is 6.18 Å². The molecular formula is C27H27F3N6O2S. The van der Waals surface area contributed by atoms with Gasteiger partial charge in [-0.25, -0.2) is 13.1 Å². The first kappa shape index (κ1) is 26.8. The lowest BCUT2D eigenvalue weighted by atomic mass is 10.0. The third-order valence-corrected chi connectivity index (χ3v) is 8.38. The maximum Gasteiger partial charge on any atom is 0.416 e. The summed E-state index contributed by atoms with van der Waals surface area (Å²) in [5.41, 5.74) is 1.51. The van der Waals surface area contributed by atoms with Crippen molar-refractivity contribution in [3.63, 3.8) is 0 Å². The molecule has 0 saturated carbocycles. The number of aromatic nitrogens is 4. The molecule has 0 bridgehead atoms. The average molecular weight is 557 g/mol. The van der Waals surface area contributed by atoms with Gasteiger partial charge in [0.25, 0.3) is 0 Å². The lowest BCUT2D eigenvalue weighted by molar-refractivity contribution is -0.137. The zero-order valence-corrected chi connectivity index (χ0v) is 22.0. The van der Waals surface area contributed by atoms with E-state index in [1.807, 2.05) is 42.2 Å². The van der Waals surface area contributed by atoms with Gasteiger partial charge in [0, 0.05) is 31.9 Å². The summed E-state index contributed by atoms with van der Waals surface area (Å²) in [6.07, 6.45) is -4.53. The number of nitrogens with zero attached hydrogens (tertiary/aromatic N) is 6. The number of para-hydroxylation sites is 1. The van der Waals surface area contributed by atoms with Crippen molar-refractivity contribution in [1.29, 1.82) is 0 Å². The fourth-order valence-corrected chi connectivity index (χ4v) is 5.97. The number of piperazine rings is 1. The van der Waals surface area contributed by atoms with Crippen molar-refractivity contribution in [2.24, 2.45) is 0 Å². The Hall–Kier alpha value is -3.77. The Morgan fingerprint density at radius 3 is 2.26 bits per heavy atom. The molecule has 0 unspecified atom stereocenters. The summed E-state index contributed by atoms with van der Waals surface area (Å²) in [4.78, 5) is 4.31. The van der Waals surface area contributed by atoms with E-state index in [1.165, 1.54) is 22.9 Å². The summed E-state index contributed by atoms with van der Waals surface area (Å²) in [5.74, 6) is -0.379. The van der Waals surface area contributed by atoms with E-state index in [-0.39, 0.29) is 10.7 Å². The molecule has 1 aliphatic heterocycles. The molecule has 3 aromatic carbocycles. The van der Waals surface area contributed by atoms with E-state index in [0.29, 0.717) is 31.7 Å². The van der Waals surface area contributed by atoms with Crippen LogP contribution in [-0.2, 0) is 21.9 Å². The fraction of sp³-hybridized carbons (Fsp3) is 0.296. The van der Waals surface area contributed by atoms with Gasteiger partial charge < -0.3 is 4.90 Å². The number of halogens is 3. The molecule has 0 aliphatic carbocycles. The Bertz CT molecular complexity index is 1520. The smallest absolute Gasteiger partial charge is 0.369 e. The number of alkyl halides is 3. The van der Waals surface area contributed by atoms with Gasteiger partial charge in [0.2, 0.25) is 0 Å². The van der Waals surface area contributed by atoms with Crippen LogP contribution in [0.4, 0.5) is 18.9 Å². The molecule has 1 atom stereocenters. The highest BCUT2D eigenvalue weighted by molar-refractivity contribution is 7.90. The number of tetrazole rings is 1. The van der Waals surface area contributed by atoms with Crippen LogP contribution in [0.1, 0.15) is 28.6 Å². The van der Waals surface area contributed by atoms with Crippen LogP contribution in [-0.4, -0.2) is 59.7 Å². The number of benzene rings is 3. The van der Waals surface area contributed by atoms with E-state index in [9.17, 15) is 21.6 Å². The zero-order valence-electron chi connectivity index (χ0n) is 21.2. The monoisotopic (exact) mass is 556 g/mol. The van der Waals surface area contributed by atoms with Gasteiger partial charge in [-0.15, -0.1) is 5.10 Å². The van der Waals surface area contributed by atoms with Crippen LogP contribution in [0.25, 0.3) is 0 Å². The van der Waals surface area contributed by atoms with Gasteiger partial charge in [-0.2, -0.15) is 13.2 Å². The number of hydrogen-bond donors (Lipinski definition) is 0. The summed E-state index contributed by atoms with van der Waals surface area (Å²) in [7, 11) is -3.83. The van der Waals surface area contributed by atoms with Crippen molar-refractivity contribution >= 4 is 15.5 Å². The van der Waals surface area contributed by atoms with Crippen LogP contribution in [0.3, 0.4) is 0 Å². The van der Waals surface area contributed by atoms with E-state index in [4.69, 9.17) is 0 Å². The molecule has 1 aromatic heterocycles. The van der Waals surface area contributed by atoms with E-state index >= 15 is 0 Å². The first-order chi connectivity index (χ1) is 18.6. The van der Waals surface area contributed by atoms with Gasteiger partial charge in [0.1, 0.15) is 0 Å². The lowest BCUT2D eigenvalue weighted by Crippen LogP contribution is -2.48. The largest absolute Gasteiger partial charge is 0.416 e. The molecule has 1 aliphatic rings. The van der Waals surface area contributed by atoms with E-state index < -0.39 is 33.5 Å². The first-order valence-corrected chi connectivity index (χ1v) is 14.0. The third kappa shape index (κ3) is 5.96. The standard InChI is InChI=1S/C27H27F3N6O2S/c1-20-10-12-24(13-11-20)39(37,38)19-36-26(31-32-33-36)25(21-6-5-7-22(18-21)27(28,29)30)35-16-14-34(15-17-35)23-8-3-2-4-9-23/h2-13,18,25H,14-17,19H2,1H3/t25-/m0/s1. The van der Waals surface area contributed by atoms with Crippen LogP contribution in [0, 0.1) is 6.92 Å². The predicted octanol–water partition coefficient (Wildman–Crippen LogP) is 4.34. The topological polar surface area (TPSA) is 84.2 Å². The van der Waals surface area contributed by atoms with Crippen LogP contribution in [0.15, 0.2) is 83.8 Å². The Balaban J connectivity index is 1.49. The van der Waals surface area contributed by atoms with Gasteiger partial charge in [0.15, 0.2) is 21.5 Å². The molecule has 1 saturated heterocycles. The zero-order chi connectivity index (χ0) is 27.6. The van der Waals surface area contributed by atoms with Gasteiger partial charge in [-0.1, -0.05) is 48.0 Å². The molecule has 0 N–H and O–H groups in total. The predicted molar refractivity (Wildman–Crippen MR) is 140 cm³/mol. The molecule has 1 fully saturated rings. The molecule has 12 heteroatoms. The molecule has 5 rings (SSSR count). The Morgan fingerprint density at radius 1 is 0.897 bits per heavy atom. The number of rotatable bonds is 7. The highest BCUT2D eigenvalue weighted by Crippen LogP contribution is 2.35. The van der Waals surface area contributed by atoms with Crippen LogP contribution in [0.5, 0.6) is 0 Å². The van der Waals surface area contributed by atoms with Crippen molar-refractivity contribution in [1.82, 2.24) is 25.1 Å². The van der Waals surface area contributed by atoms with Crippen LogP contribution < -0.4 is 4.90 Å². The third-order valence-electron chi connectivity index (χ3n) is 6.81. The Morgan fingerprint density at radius 2 is 1.59 bits per heavy atom. The van der Waals surface area contributed by atoms with Gasteiger partial charge in [-0.05, 0) is 59.3 Å². The maximum absolute atomic E-state index is 13.6. The second kappa shape index (κ2) is 10.8. The van der Waals surface area contributed by atoms with Crippen LogP contribution >= 0.6 is 0 Å². The summed E-state index contributed by atoms with van der Waals surface area (Å²) in [5, 5.41) is 11.8. The normalized spacial score (nSPS) is 15.8. The quantitative estimate of drug-likeness (QED) is 0.335. The first-order valence-electron chi connectivity index (χ1n) is 12.4. The molecule has 4 aromatic rings. The van der Waals surface area contributed by atoms with Crippen LogP contribution in [0.2, 0.25) is 0 Å². The minimum Gasteiger partial charge on any atom is -0.369 e. The molecule has 0 spiro atoms. The molecule has 204 valence electrons. The minimum atomic E-state index is -4.53. The Labute approximate surface area is 224 Å². The molecule has 39 heavy (non-hydrogen) atoms. The maximum atomic E-state index is 13.6. The summed E-state index contributed by atoms with van der Waals surface area (Å²) in [6, 6.07) is 20.6. The van der Waals surface area contributed by atoms with E-state index in [0.717, 1.165) is 23.4 Å². The second-order valence-electron chi connectivity index (χ2n) is 9.48. The van der Waals surface area contributed by atoms with Crippen molar-refractivity contribution in [2.45, 2.75) is 29.9 Å². The average Bonchev–Trinajstić information content (AvgIpc) is 3.36. The highest BCUT2D eigenvalue weighted by Gasteiger charge is 2.35. The number of hydrogen-bond acceptors (Lipinski definition) is 7. The molecule has 0 radical (unpaired) electrons. The highest BCUT2D eigenvalue weighted by atomic mass is 32.2. The SMILES string of the molecule is Cc1ccc(S(=O)(=O)Cn2nnnc2[C@H](c2cccc(C(F)(F)F)c2)N2CCN(c3ccccc3)CC2)cc1. The summed E-state index contributed by atoms with van der Waals surface area (Å²) >= 11 is 0. The van der Waals surface area contributed by atoms with Crippen molar-refractivity contribution < 1.29 is 21.6 Å². The van der Waals surface area contributed by atoms with Gasteiger partial charge in [-0.3, -0.25) is 4.90 Å². The molecular weight excluding hydrogens is 529 g/mol. The van der Waals surface area contributed by atoms with E-state index in [1.54, 1.807) is 18.2 Å². The molecule has 8 nitrogen and oxygen atoms in total. The lowest BCUT2D eigenvalue weighted by Gasteiger charge is -2.40.